The maximum absolute atomic E-state index is 14.6. The van der Waals surface area contributed by atoms with E-state index in [1.807, 2.05) is 13.8 Å². The Morgan fingerprint density at radius 1 is 1.00 bits per heavy atom. The number of carbonyl (C=O) groups is 1. The number of carbonyl (C=O) groups excluding carboxylic acids is 1. The van der Waals surface area contributed by atoms with E-state index in [9.17, 15) is 35.5 Å². The lowest BCUT2D eigenvalue weighted by atomic mass is 9.93. The minimum atomic E-state index is -5.02. The molecule has 0 N–H and O–H groups in total. The number of nitrogens with zero attached hydrogens (tertiary/aromatic N) is 1. The van der Waals surface area contributed by atoms with Crippen LogP contribution in [0.3, 0.4) is 0 Å². The molecule has 1 aliphatic carbocycles. The second-order valence-corrected chi connectivity index (χ2v) is 10.2. The van der Waals surface area contributed by atoms with Gasteiger partial charge in [0.05, 0.1) is 24.3 Å². The molecule has 0 spiro atoms. The Bertz CT molecular complexity index is 1270. The van der Waals surface area contributed by atoms with E-state index < -0.39 is 47.5 Å². The van der Waals surface area contributed by atoms with Crippen LogP contribution in [0.5, 0.6) is 5.75 Å². The Kier molecular flexibility index (Phi) is 7.66. The van der Waals surface area contributed by atoms with Gasteiger partial charge >= 0.3 is 18.4 Å². The van der Waals surface area contributed by atoms with Gasteiger partial charge < -0.3 is 9.47 Å². The molecule has 4 rings (SSSR count). The average molecular weight is 560 g/mol. The predicted molar refractivity (Wildman–Crippen MR) is 130 cm³/mol. The molecule has 1 saturated heterocycles. The third kappa shape index (κ3) is 5.72. The maximum Gasteiger partial charge on any atom is 0.416 e. The first-order valence-electron chi connectivity index (χ1n) is 12.5. The molecule has 2 atom stereocenters. The van der Waals surface area contributed by atoms with Crippen molar-refractivity contribution in [3.8, 4) is 5.75 Å². The second-order valence-electron chi connectivity index (χ2n) is 10.2. The van der Waals surface area contributed by atoms with Crippen LogP contribution in [0.15, 0.2) is 35.9 Å². The molecule has 1 amide bonds. The van der Waals surface area contributed by atoms with Crippen molar-refractivity contribution < 1.29 is 45.0 Å². The van der Waals surface area contributed by atoms with Gasteiger partial charge in [0.25, 0.3) is 0 Å². The third-order valence-electron chi connectivity index (χ3n) is 7.29. The van der Waals surface area contributed by atoms with Gasteiger partial charge in [-0.1, -0.05) is 13.8 Å². The number of alkyl halides is 6. The number of amides is 1. The van der Waals surface area contributed by atoms with Crippen molar-refractivity contribution in [2.75, 3.05) is 13.7 Å². The van der Waals surface area contributed by atoms with E-state index >= 15 is 0 Å². The number of benzene rings is 2. The predicted octanol–water partition coefficient (Wildman–Crippen LogP) is 8.51. The molecule has 0 radical (unpaired) electrons. The van der Waals surface area contributed by atoms with Crippen molar-refractivity contribution >= 4 is 11.7 Å². The molecule has 1 aliphatic heterocycles. The SMILES string of the molecule is COc1cc(F)c(C(C)C)cc1C1=C(CN2C(=O)OC(c3cc(C(F)(F)F)cc(C(F)(F)F)c3)C2C)CCC1. The van der Waals surface area contributed by atoms with Gasteiger partial charge in [-0.3, -0.25) is 4.90 Å². The molecule has 0 bridgehead atoms. The Morgan fingerprint density at radius 3 is 2.15 bits per heavy atom. The standard InChI is InChI=1S/C28H28F7NO3/c1-14(2)21-11-22(24(38-4)12-23(21)29)20-7-5-6-16(20)13-36-15(3)25(39-26(36)37)17-8-18(27(30,31)32)10-19(9-17)28(33,34)35/h8-12,14-15,25H,5-7,13H2,1-4H3. The summed E-state index contributed by atoms with van der Waals surface area (Å²) in [5.74, 6) is -0.155. The van der Waals surface area contributed by atoms with Crippen molar-refractivity contribution in [3.05, 3.63) is 69.5 Å². The van der Waals surface area contributed by atoms with Gasteiger partial charge in [-0.2, -0.15) is 26.3 Å². The van der Waals surface area contributed by atoms with Gasteiger partial charge in [0.15, 0.2) is 0 Å². The number of hydrogen-bond acceptors (Lipinski definition) is 3. The molecule has 212 valence electrons. The van der Waals surface area contributed by atoms with E-state index in [0.717, 1.165) is 17.6 Å². The molecule has 11 heteroatoms. The fraction of sp³-hybridized carbons (Fsp3) is 0.464. The number of ether oxygens (including phenoxy) is 2. The van der Waals surface area contributed by atoms with E-state index in [-0.39, 0.29) is 24.1 Å². The van der Waals surface area contributed by atoms with Gasteiger partial charge in [0.1, 0.15) is 17.7 Å². The molecule has 2 unspecified atom stereocenters. The lowest BCUT2D eigenvalue weighted by Gasteiger charge is -2.24. The molecule has 2 aromatic carbocycles. The summed E-state index contributed by atoms with van der Waals surface area (Å²) < 4.78 is 106. The van der Waals surface area contributed by atoms with Crippen LogP contribution in [-0.2, 0) is 17.1 Å². The van der Waals surface area contributed by atoms with Gasteiger partial charge in [-0.15, -0.1) is 0 Å². The zero-order valence-corrected chi connectivity index (χ0v) is 21.8. The first-order valence-corrected chi connectivity index (χ1v) is 12.5. The summed E-state index contributed by atoms with van der Waals surface area (Å²) in [5, 5.41) is 0. The molecular formula is C28H28F7NO3. The Balaban J connectivity index is 1.69. The molecular weight excluding hydrogens is 531 g/mol. The van der Waals surface area contributed by atoms with Crippen LogP contribution in [0.2, 0.25) is 0 Å². The highest BCUT2D eigenvalue weighted by Crippen LogP contribution is 2.44. The summed E-state index contributed by atoms with van der Waals surface area (Å²) in [4.78, 5) is 14.1. The summed E-state index contributed by atoms with van der Waals surface area (Å²) >= 11 is 0. The Hall–Kier alpha value is -3.24. The van der Waals surface area contributed by atoms with Crippen LogP contribution >= 0.6 is 0 Å². The summed E-state index contributed by atoms with van der Waals surface area (Å²) in [5.41, 5.74) is -0.417. The Morgan fingerprint density at radius 2 is 1.62 bits per heavy atom. The monoisotopic (exact) mass is 559 g/mol. The zero-order chi connectivity index (χ0) is 28.9. The second kappa shape index (κ2) is 10.4. The lowest BCUT2D eigenvalue weighted by molar-refractivity contribution is -0.143. The number of hydrogen-bond donors (Lipinski definition) is 0. The minimum absolute atomic E-state index is 0.0415. The normalized spacial score (nSPS) is 20.3. The van der Waals surface area contributed by atoms with Crippen LogP contribution in [0, 0.1) is 5.82 Å². The minimum Gasteiger partial charge on any atom is -0.496 e. The first kappa shape index (κ1) is 28.8. The van der Waals surface area contributed by atoms with Gasteiger partial charge in [-0.25, -0.2) is 9.18 Å². The van der Waals surface area contributed by atoms with Crippen LogP contribution in [0.1, 0.15) is 79.9 Å². The van der Waals surface area contributed by atoms with Crippen molar-refractivity contribution in [3.63, 3.8) is 0 Å². The fourth-order valence-corrected chi connectivity index (χ4v) is 5.23. The molecule has 0 aromatic heterocycles. The summed E-state index contributed by atoms with van der Waals surface area (Å²) in [6, 6.07) is 3.42. The first-order chi connectivity index (χ1) is 18.1. The zero-order valence-electron chi connectivity index (χ0n) is 21.8. The van der Waals surface area contributed by atoms with E-state index in [1.54, 1.807) is 6.07 Å². The quantitative estimate of drug-likeness (QED) is 0.333. The molecule has 2 aromatic rings. The largest absolute Gasteiger partial charge is 0.496 e. The molecule has 2 aliphatic rings. The third-order valence-corrected chi connectivity index (χ3v) is 7.29. The number of cyclic esters (lactones) is 1. The summed E-state index contributed by atoms with van der Waals surface area (Å²) in [6.45, 7) is 5.30. The highest BCUT2D eigenvalue weighted by molar-refractivity contribution is 5.77. The number of rotatable bonds is 6. The highest BCUT2D eigenvalue weighted by atomic mass is 19.4. The highest BCUT2D eigenvalue weighted by Gasteiger charge is 2.43. The number of allylic oxidation sites excluding steroid dienone is 1. The topological polar surface area (TPSA) is 38.8 Å². The molecule has 1 heterocycles. The fourth-order valence-electron chi connectivity index (χ4n) is 5.23. The van der Waals surface area contributed by atoms with E-state index in [0.29, 0.717) is 41.9 Å². The average Bonchev–Trinajstić information content (AvgIpc) is 3.42. The van der Waals surface area contributed by atoms with Crippen molar-refractivity contribution in [1.82, 2.24) is 4.90 Å². The smallest absolute Gasteiger partial charge is 0.416 e. The van der Waals surface area contributed by atoms with E-state index in [1.165, 1.54) is 25.0 Å². The van der Waals surface area contributed by atoms with Crippen LogP contribution in [-0.4, -0.2) is 30.7 Å². The van der Waals surface area contributed by atoms with Crippen molar-refractivity contribution in [2.24, 2.45) is 0 Å². The van der Waals surface area contributed by atoms with Gasteiger partial charge in [0, 0.05) is 18.2 Å². The van der Waals surface area contributed by atoms with Gasteiger partial charge in [-0.05, 0) is 78.6 Å². The number of halogens is 7. The maximum atomic E-state index is 14.6. The number of methoxy groups -OCH3 is 1. The van der Waals surface area contributed by atoms with Gasteiger partial charge in [0.2, 0.25) is 0 Å². The molecule has 4 nitrogen and oxygen atoms in total. The lowest BCUT2D eigenvalue weighted by Crippen LogP contribution is -2.33. The Labute approximate surface area is 221 Å². The molecule has 1 fully saturated rings. The van der Waals surface area contributed by atoms with Crippen molar-refractivity contribution in [1.29, 1.82) is 0 Å². The van der Waals surface area contributed by atoms with E-state index in [2.05, 4.69) is 0 Å². The van der Waals surface area contributed by atoms with Crippen LogP contribution in [0.4, 0.5) is 35.5 Å². The molecule has 0 saturated carbocycles. The van der Waals surface area contributed by atoms with E-state index in [4.69, 9.17) is 9.47 Å². The molecule has 39 heavy (non-hydrogen) atoms. The van der Waals surface area contributed by atoms with Crippen LogP contribution in [0.25, 0.3) is 5.57 Å². The summed E-state index contributed by atoms with van der Waals surface area (Å²) in [6.07, 6.45) is -10.2. The van der Waals surface area contributed by atoms with Crippen molar-refractivity contribution in [2.45, 2.75) is 70.4 Å². The van der Waals surface area contributed by atoms with Crippen LogP contribution < -0.4 is 4.74 Å². The summed E-state index contributed by atoms with van der Waals surface area (Å²) in [7, 11) is 1.43.